The fraction of sp³-hybridized carbons (Fsp3) is 0.471. The topological polar surface area (TPSA) is 59.1 Å². The van der Waals surface area contributed by atoms with E-state index in [0.29, 0.717) is 25.4 Å². The van der Waals surface area contributed by atoms with E-state index in [4.69, 9.17) is 9.47 Å². The minimum absolute atomic E-state index is 0.0136. The van der Waals surface area contributed by atoms with E-state index in [1.165, 1.54) is 6.92 Å². The van der Waals surface area contributed by atoms with Crippen LogP contribution in [0.15, 0.2) is 66.7 Å². The first-order chi connectivity index (χ1) is 19.2. The Kier molecular flexibility index (Phi) is 7.92. The monoisotopic (exact) mass is 542 g/mol. The minimum Gasteiger partial charge on any atom is -0.497 e. The maximum Gasteiger partial charge on any atom is 0.303 e. The van der Waals surface area contributed by atoms with Gasteiger partial charge in [-0.1, -0.05) is 56.3 Å². The second kappa shape index (κ2) is 11.2. The van der Waals surface area contributed by atoms with Gasteiger partial charge in [0.2, 0.25) is 0 Å². The van der Waals surface area contributed by atoms with Gasteiger partial charge in [-0.15, -0.1) is 0 Å². The molecule has 1 aliphatic heterocycles. The predicted octanol–water partition coefficient (Wildman–Crippen LogP) is 6.07. The molecule has 6 heteroatoms. The van der Waals surface area contributed by atoms with Gasteiger partial charge < -0.3 is 19.3 Å². The third kappa shape index (κ3) is 5.22. The maximum atomic E-state index is 14.2. The number of likely N-dealkylation sites (tertiary alicyclic amines) is 1. The smallest absolute Gasteiger partial charge is 0.303 e. The van der Waals surface area contributed by atoms with Gasteiger partial charge in [-0.2, -0.15) is 0 Å². The first-order valence-electron chi connectivity index (χ1n) is 14.5. The number of carbonyl (C=O) groups is 2. The van der Waals surface area contributed by atoms with E-state index in [2.05, 4.69) is 55.0 Å². The maximum absolute atomic E-state index is 14.2. The SMILES string of the molecule is COc1cccc([C@@]23CCN(C)C[C@@]2(OC(C)=O)CC[C@@H](N(CC(C)C)C(=O)c2ccc4ccccc4c2)C3)c1. The Labute approximate surface area is 238 Å². The second-order valence-corrected chi connectivity index (χ2v) is 12.2. The molecule has 5 rings (SSSR count). The summed E-state index contributed by atoms with van der Waals surface area (Å²) in [7, 11) is 3.78. The van der Waals surface area contributed by atoms with Crippen LogP contribution in [0.3, 0.4) is 0 Å². The molecular weight excluding hydrogens is 500 g/mol. The first kappa shape index (κ1) is 28.2. The molecule has 212 valence electrons. The molecule has 0 aromatic heterocycles. The number of carbonyl (C=O) groups excluding carboxylic acids is 2. The second-order valence-electron chi connectivity index (χ2n) is 12.2. The number of methoxy groups -OCH3 is 1. The number of nitrogens with zero attached hydrogens (tertiary/aromatic N) is 2. The Morgan fingerprint density at radius 2 is 1.80 bits per heavy atom. The zero-order valence-electron chi connectivity index (χ0n) is 24.5. The minimum atomic E-state index is -0.676. The fourth-order valence-electron chi connectivity index (χ4n) is 7.23. The average molecular weight is 543 g/mol. The normalized spacial score (nSPS) is 24.9. The zero-order chi connectivity index (χ0) is 28.5. The summed E-state index contributed by atoms with van der Waals surface area (Å²) in [6, 6.07) is 22.4. The summed E-state index contributed by atoms with van der Waals surface area (Å²) in [5.41, 5.74) is 0.717. The number of likely N-dealkylation sites (N-methyl/N-ethyl adjacent to an activating group) is 1. The molecule has 3 atom stereocenters. The third-order valence-corrected chi connectivity index (χ3v) is 9.00. The van der Waals surface area contributed by atoms with Gasteiger partial charge in [-0.3, -0.25) is 9.59 Å². The highest BCUT2D eigenvalue weighted by Gasteiger charge is 2.61. The Balaban J connectivity index is 1.58. The zero-order valence-corrected chi connectivity index (χ0v) is 24.5. The van der Waals surface area contributed by atoms with Crippen LogP contribution in [-0.2, 0) is 14.9 Å². The Bertz CT molecular complexity index is 1390. The van der Waals surface area contributed by atoms with Crippen molar-refractivity contribution in [3.63, 3.8) is 0 Å². The number of amides is 1. The lowest BCUT2D eigenvalue weighted by molar-refractivity contribution is -0.187. The predicted molar refractivity (Wildman–Crippen MR) is 159 cm³/mol. The summed E-state index contributed by atoms with van der Waals surface area (Å²) in [5, 5.41) is 2.19. The van der Waals surface area contributed by atoms with Crippen molar-refractivity contribution < 1.29 is 19.1 Å². The summed E-state index contributed by atoms with van der Waals surface area (Å²) < 4.78 is 12.0. The van der Waals surface area contributed by atoms with Crippen LogP contribution in [0.5, 0.6) is 5.75 Å². The summed E-state index contributed by atoms with van der Waals surface area (Å²) in [6.45, 7) is 8.07. The van der Waals surface area contributed by atoms with Gasteiger partial charge in [0.25, 0.3) is 5.91 Å². The molecule has 1 amide bonds. The number of fused-ring (bicyclic) bond motifs is 2. The third-order valence-electron chi connectivity index (χ3n) is 9.00. The van der Waals surface area contributed by atoms with Crippen molar-refractivity contribution in [2.45, 2.75) is 63.5 Å². The average Bonchev–Trinajstić information content (AvgIpc) is 2.94. The van der Waals surface area contributed by atoms with E-state index in [0.717, 1.165) is 53.5 Å². The largest absolute Gasteiger partial charge is 0.497 e. The lowest BCUT2D eigenvalue weighted by atomic mass is 9.55. The lowest BCUT2D eigenvalue weighted by Gasteiger charge is -2.60. The molecule has 6 nitrogen and oxygen atoms in total. The van der Waals surface area contributed by atoms with Crippen LogP contribution in [0.1, 0.15) is 62.4 Å². The van der Waals surface area contributed by atoms with Crippen LogP contribution in [0.2, 0.25) is 0 Å². The molecule has 0 unspecified atom stereocenters. The van der Waals surface area contributed by atoms with E-state index >= 15 is 0 Å². The molecule has 2 fully saturated rings. The van der Waals surface area contributed by atoms with Crippen molar-refractivity contribution in [1.82, 2.24) is 9.80 Å². The van der Waals surface area contributed by atoms with E-state index in [9.17, 15) is 9.59 Å². The summed E-state index contributed by atoms with van der Waals surface area (Å²) in [4.78, 5) is 31.2. The molecule has 2 aliphatic rings. The molecule has 1 saturated heterocycles. The van der Waals surface area contributed by atoms with Crippen molar-refractivity contribution >= 4 is 22.6 Å². The van der Waals surface area contributed by atoms with Crippen molar-refractivity contribution in [1.29, 1.82) is 0 Å². The number of hydrogen-bond donors (Lipinski definition) is 0. The van der Waals surface area contributed by atoms with E-state index in [1.807, 2.05) is 42.5 Å². The van der Waals surface area contributed by atoms with Gasteiger partial charge in [0.05, 0.1) is 7.11 Å². The van der Waals surface area contributed by atoms with E-state index in [1.54, 1.807) is 7.11 Å². The molecule has 0 spiro atoms. The highest BCUT2D eigenvalue weighted by Crippen LogP contribution is 2.55. The number of esters is 1. The number of benzene rings is 3. The lowest BCUT2D eigenvalue weighted by Crippen LogP contribution is -2.68. The summed E-state index contributed by atoms with van der Waals surface area (Å²) in [5.74, 6) is 0.913. The summed E-state index contributed by atoms with van der Waals surface area (Å²) in [6.07, 6.45) is 3.03. The van der Waals surface area contributed by atoms with Gasteiger partial charge in [0, 0.05) is 37.0 Å². The van der Waals surface area contributed by atoms with Crippen LogP contribution in [0, 0.1) is 5.92 Å². The molecule has 0 radical (unpaired) electrons. The van der Waals surface area contributed by atoms with E-state index in [-0.39, 0.29) is 17.9 Å². The molecule has 1 heterocycles. The van der Waals surface area contributed by atoms with E-state index < -0.39 is 11.0 Å². The fourth-order valence-corrected chi connectivity index (χ4v) is 7.23. The van der Waals surface area contributed by atoms with Crippen LogP contribution in [-0.4, -0.2) is 67.1 Å². The van der Waals surface area contributed by atoms with Crippen LogP contribution in [0.4, 0.5) is 0 Å². The molecule has 3 aromatic rings. The Hall–Kier alpha value is -3.38. The Morgan fingerprint density at radius 1 is 1.02 bits per heavy atom. The van der Waals surface area contributed by atoms with Crippen molar-refractivity contribution in [3.8, 4) is 5.75 Å². The highest BCUT2D eigenvalue weighted by atomic mass is 16.6. The van der Waals surface area contributed by atoms with Crippen molar-refractivity contribution in [3.05, 3.63) is 77.9 Å². The number of ether oxygens (including phenoxy) is 2. The highest BCUT2D eigenvalue weighted by molar-refractivity contribution is 5.98. The van der Waals surface area contributed by atoms with Crippen LogP contribution >= 0.6 is 0 Å². The van der Waals surface area contributed by atoms with Gasteiger partial charge in [-0.25, -0.2) is 0 Å². The van der Waals surface area contributed by atoms with Crippen LogP contribution in [0.25, 0.3) is 10.8 Å². The number of rotatable bonds is 7. The Morgan fingerprint density at radius 3 is 2.52 bits per heavy atom. The molecule has 3 aromatic carbocycles. The van der Waals surface area contributed by atoms with Gasteiger partial charge >= 0.3 is 5.97 Å². The quantitative estimate of drug-likeness (QED) is 0.339. The van der Waals surface area contributed by atoms with Crippen molar-refractivity contribution in [2.75, 3.05) is 33.8 Å². The molecule has 1 saturated carbocycles. The molecule has 40 heavy (non-hydrogen) atoms. The molecule has 0 N–H and O–H groups in total. The van der Waals surface area contributed by atoms with Crippen molar-refractivity contribution in [2.24, 2.45) is 5.92 Å². The van der Waals surface area contributed by atoms with Gasteiger partial charge in [-0.05, 0) is 85.8 Å². The van der Waals surface area contributed by atoms with Gasteiger partial charge in [0.15, 0.2) is 0 Å². The first-order valence-corrected chi connectivity index (χ1v) is 14.5. The summed E-state index contributed by atoms with van der Waals surface area (Å²) >= 11 is 0. The van der Waals surface area contributed by atoms with Gasteiger partial charge in [0.1, 0.15) is 11.4 Å². The number of piperidine rings is 1. The molecule has 1 aliphatic carbocycles. The molecule has 0 bridgehead atoms. The van der Waals surface area contributed by atoms with Crippen LogP contribution < -0.4 is 4.74 Å². The molecular formula is C34H42N2O4. The standard InChI is InChI=1S/C34H42N2O4/c1-24(2)22-36(32(38)28-14-13-26-9-6-7-10-27(26)19-28)30-15-16-34(40-25(3)37)23-35(4)18-17-33(34,21-30)29-11-8-12-31(20-29)39-5/h6-14,19-20,24,30H,15-18,21-23H2,1-5H3/t30-,33+,34+/m1/s1. The number of hydrogen-bond acceptors (Lipinski definition) is 5.